The molecule has 0 bridgehead atoms. The molecule has 19 heavy (non-hydrogen) atoms. The van der Waals surface area contributed by atoms with Crippen LogP contribution < -0.4 is 10.5 Å². The molecule has 0 fully saturated rings. The summed E-state index contributed by atoms with van der Waals surface area (Å²) in [5.74, 6) is 2.57. The molecule has 3 heteroatoms. The van der Waals surface area contributed by atoms with Gasteiger partial charge in [-0.15, -0.1) is 0 Å². The van der Waals surface area contributed by atoms with Crippen LogP contribution in [-0.4, -0.2) is 17.1 Å². The molecule has 2 atom stereocenters. The lowest BCUT2D eigenvalue weighted by Gasteiger charge is -2.18. The van der Waals surface area contributed by atoms with E-state index in [-0.39, 0.29) is 12.1 Å². The first-order valence-electron chi connectivity index (χ1n) is 7.04. The van der Waals surface area contributed by atoms with Gasteiger partial charge in [0.2, 0.25) is 0 Å². The zero-order chi connectivity index (χ0) is 14.4. The topological polar surface area (TPSA) is 35.2 Å². The molecule has 2 N–H and O–H groups in total. The minimum Gasteiger partial charge on any atom is -0.491 e. The smallest absolute Gasteiger partial charge is 0.119 e. The van der Waals surface area contributed by atoms with Crippen LogP contribution in [0.15, 0.2) is 24.3 Å². The van der Waals surface area contributed by atoms with Crippen molar-refractivity contribution in [3.8, 4) is 5.75 Å². The molecule has 0 saturated heterocycles. The minimum atomic E-state index is 0.0966. The van der Waals surface area contributed by atoms with E-state index in [0.29, 0.717) is 11.2 Å². The first kappa shape index (κ1) is 16.4. The van der Waals surface area contributed by atoms with Crippen LogP contribution >= 0.6 is 11.8 Å². The van der Waals surface area contributed by atoms with Crippen molar-refractivity contribution in [2.24, 2.45) is 11.7 Å². The Balaban J connectivity index is 2.50. The molecule has 0 heterocycles. The third-order valence-electron chi connectivity index (χ3n) is 3.16. The molecule has 1 aromatic rings. The maximum absolute atomic E-state index is 6.23. The molecule has 0 aliphatic heterocycles. The summed E-state index contributed by atoms with van der Waals surface area (Å²) < 4.78 is 5.63. The molecule has 0 spiro atoms. The van der Waals surface area contributed by atoms with Gasteiger partial charge in [-0.25, -0.2) is 0 Å². The number of ether oxygens (including phenoxy) is 1. The molecule has 0 aliphatic rings. The van der Waals surface area contributed by atoms with Gasteiger partial charge in [0.05, 0.1) is 6.10 Å². The lowest BCUT2D eigenvalue weighted by atomic mass is 10.1. The number of nitrogens with two attached hydrogens (primary N) is 1. The van der Waals surface area contributed by atoms with Gasteiger partial charge < -0.3 is 10.5 Å². The first-order valence-corrected chi connectivity index (χ1v) is 8.08. The minimum absolute atomic E-state index is 0.0966. The van der Waals surface area contributed by atoms with Crippen molar-refractivity contribution in [1.29, 1.82) is 0 Å². The zero-order valence-corrected chi connectivity index (χ0v) is 13.5. The van der Waals surface area contributed by atoms with Crippen LogP contribution in [0.5, 0.6) is 5.75 Å². The van der Waals surface area contributed by atoms with Crippen LogP contribution in [0, 0.1) is 5.92 Å². The molecular formula is C16H27NOS. The molecular weight excluding hydrogens is 254 g/mol. The van der Waals surface area contributed by atoms with E-state index >= 15 is 0 Å². The van der Waals surface area contributed by atoms with E-state index < -0.39 is 0 Å². The molecule has 0 radical (unpaired) electrons. The Morgan fingerprint density at radius 2 is 1.63 bits per heavy atom. The van der Waals surface area contributed by atoms with Gasteiger partial charge in [-0.3, -0.25) is 0 Å². The fourth-order valence-corrected chi connectivity index (χ4v) is 2.70. The van der Waals surface area contributed by atoms with E-state index in [4.69, 9.17) is 10.5 Å². The number of hydrogen-bond donors (Lipinski definition) is 1. The number of thioether (sulfide) groups is 1. The molecule has 0 saturated carbocycles. The number of hydrogen-bond acceptors (Lipinski definition) is 3. The van der Waals surface area contributed by atoms with Gasteiger partial charge in [0, 0.05) is 17.0 Å². The maximum Gasteiger partial charge on any atom is 0.119 e. The quantitative estimate of drug-likeness (QED) is 0.811. The van der Waals surface area contributed by atoms with Crippen molar-refractivity contribution in [2.75, 3.05) is 5.75 Å². The van der Waals surface area contributed by atoms with Crippen LogP contribution in [-0.2, 0) is 0 Å². The molecule has 0 amide bonds. The predicted molar refractivity (Wildman–Crippen MR) is 85.9 cm³/mol. The van der Waals surface area contributed by atoms with E-state index in [9.17, 15) is 0 Å². The average Bonchev–Trinajstić information content (AvgIpc) is 2.35. The highest BCUT2D eigenvalue weighted by Gasteiger charge is 2.12. The second-order valence-electron chi connectivity index (χ2n) is 5.62. The molecule has 0 aliphatic carbocycles. The highest BCUT2D eigenvalue weighted by atomic mass is 32.2. The van der Waals surface area contributed by atoms with Crippen LogP contribution in [0.25, 0.3) is 0 Å². The van der Waals surface area contributed by atoms with Gasteiger partial charge in [0.15, 0.2) is 0 Å². The molecule has 0 aromatic heterocycles. The monoisotopic (exact) mass is 281 g/mol. The summed E-state index contributed by atoms with van der Waals surface area (Å²) in [6.45, 7) is 10.8. The van der Waals surface area contributed by atoms with E-state index in [2.05, 4.69) is 32.9 Å². The van der Waals surface area contributed by atoms with Crippen molar-refractivity contribution in [3.05, 3.63) is 29.8 Å². The van der Waals surface area contributed by atoms with Gasteiger partial charge in [-0.2, -0.15) is 11.8 Å². The molecule has 108 valence electrons. The van der Waals surface area contributed by atoms with Gasteiger partial charge in [0.25, 0.3) is 0 Å². The summed E-state index contributed by atoms with van der Waals surface area (Å²) in [4.78, 5) is 0. The SMILES string of the molecule is CC(C)Oc1ccc(C(N)CSC(C)C(C)C)cc1. The summed E-state index contributed by atoms with van der Waals surface area (Å²) in [5.41, 5.74) is 7.41. The highest BCUT2D eigenvalue weighted by Crippen LogP contribution is 2.25. The van der Waals surface area contributed by atoms with Gasteiger partial charge in [0.1, 0.15) is 5.75 Å². The molecule has 1 rings (SSSR count). The highest BCUT2D eigenvalue weighted by molar-refractivity contribution is 7.99. The van der Waals surface area contributed by atoms with E-state index in [0.717, 1.165) is 11.5 Å². The Morgan fingerprint density at radius 3 is 2.11 bits per heavy atom. The summed E-state index contributed by atoms with van der Waals surface area (Å²) in [5, 5.41) is 0.648. The average molecular weight is 281 g/mol. The number of benzene rings is 1. The summed E-state index contributed by atoms with van der Waals surface area (Å²) in [6.07, 6.45) is 0.210. The normalized spacial score (nSPS) is 14.7. The predicted octanol–water partition coefficient (Wildman–Crippen LogP) is 4.25. The summed E-state index contributed by atoms with van der Waals surface area (Å²) in [6, 6.07) is 8.25. The third-order valence-corrected chi connectivity index (χ3v) is 4.78. The number of rotatable bonds is 7. The van der Waals surface area contributed by atoms with Gasteiger partial charge >= 0.3 is 0 Å². The Morgan fingerprint density at radius 1 is 1.05 bits per heavy atom. The van der Waals surface area contributed by atoms with Gasteiger partial charge in [-0.1, -0.05) is 32.9 Å². The van der Waals surface area contributed by atoms with Crippen LogP contribution in [0.2, 0.25) is 0 Å². The Kier molecular flexibility index (Phi) is 6.73. The van der Waals surface area contributed by atoms with Crippen molar-refractivity contribution in [3.63, 3.8) is 0 Å². The second kappa shape index (κ2) is 7.81. The Labute approximate surface area is 122 Å². The van der Waals surface area contributed by atoms with Crippen molar-refractivity contribution in [2.45, 2.75) is 52.0 Å². The standard InChI is InChI=1S/C16H27NOS/c1-11(2)13(5)19-10-16(17)14-6-8-15(9-7-14)18-12(3)4/h6-9,11-13,16H,10,17H2,1-5H3. The largest absolute Gasteiger partial charge is 0.491 e. The molecule has 2 nitrogen and oxygen atoms in total. The lowest BCUT2D eigenvalue weighted by Crippen LogP contribution is -2.16. The van der Waals surface area contributed by atoms with Crippen LogP contribution in [0.3, 0.4) is 0 Å². The first-order chi connectivity index (χ1) is 8.90. The third kappa shape index (κ3) is 5.87. The van der Waals surface area contributed by atoms with E-state index in [1.165, 1.54) is 5.56 Å². The second-order valence-corrected chi connectivity index (χ2v) is 7.03. The molecule has 1 aromatic carbocycles. The zero-order valence-electron chi connectivity index (χ0n) is 12.7. The van der Waals surface area contributed by atoms with Crippen LogP contribution in [0.1, 0.15) is 46.2 Å². The Bertz CT molecular complexity index is 362. The van der Waals surface area contributed by atoms with Gasteiger partial charge in [-0.05, 0) is 37.5 Å². The lowest BCUT2D eigenvalue weighted by molar-refractivity contribution is 0.242. The summed E-state index contributed by atoms with van der Waals surface area (Å²) in [7, 11) is 0. The fourth-order valence-electron chi connectivity index (χ4n) is 1.61. The summed E-state index contributed by atoms with van der Waals surface area (Å²) >= 11 is 1.95. The Hall–Kier alpha value is -0.670. The molecule has 2 unspecified atom stereocenters. The van der Waals surface area contributed by atoms with Crippen molar-refractivity contribution >= 4 is 11.8 Å². The van der Waals surface area contributed by atoms with E-state index in [1.54, 1.807) is 0 Å². The van der Waals surface area contributed by atoms with E-state index in [1.807, 2.05) is 37.7 Å². The van der Waals surface area contributed by atoms with Crippen LogP contribution in [0.4, 0.5) is 0 Å². The maximum atomic E-state index is 6.23. The van der Waals surface area contributed by atoms with Crippen molar-refractivity contribution in [1.82, 2.24) is 0 Å². The fraction of sp³-hybridized carbons (Fsp3) is 0.625. The van der Waals surface area contributed by atoms with Crippen molar-refractivity contribution < 1.29 is 4.74 Å².